The highest BCUT2D eigenvalue weighted by molar-refractivity contribution is 7.90. The van der Waals surface area contributed by atoms with Gasteiger partial charge in [-0.1, -0.05) is 6.07 Å². The van der Waals surface area contributed by atoms with E-state index in [1.807, 2.05) is 0 Å². The summed E-state index contributed by atoms with van der Waals surface area (Å²) in [5.74, 6) is 0.592. The molecule has 21 heavy (non-hydrogen) atoms. The lowest BCUT2D eigenvalue weighted by atomic mass is 10.2. The molecular formula is C13H14N2O5S. The summed E-state index contributed by atoms with van der Waals surface area (Å²) in [6, 6.07) is 7.23. The highest BCUT2D eigenvalue weighted by atomic mass is 32.2. The van der Waals surface area contributed by atoms with E-state index in [2.05, 4.69) is 5.32 Å². The lowest BCUT2D eigenvalue weighted by Gasteiger charge is -2.14. The van der Waals surface area contributed by atoms with Crippen LogP contribution < -0.4 is 5.32 Å². The molecule has 1 N–H and O–H groups in total. The topological polar surface area (TPSA) is 102 Å². The second kappa shape index (κ2) is 5.57. The fourth-order valence-corrected chi connectivity index (χ4v) is 2.83. The quantitative estimate of drug-likeness (QED) is 0.673. The Kier molecular flexibility index (Phi) is 3.99. The maximum Gasteiger partial charge on any atom is 0.310 e. The standard InChI is InChI=1S/C13H14N2O5S/c1-9(11-6-4-8-20-11)14-10-5-3-7-12(21(2,18)19)13(10)15(16)17/h3-9,14H,1-2H3. The van der Waals surface area contributed by atoms with E-state index in [1.54, 1.807) is 19.1 Å². The summed E-state index contributed by atoms with van der Waals surface area (Å²) in [6.07, 6.45) is 2.43. The van der Waals surface area contributed by atoms with Crippen molar-refractivity contribution in [2.75, 3.05) is 11.6 Å². The Balaban J connectivity index is 2.47. The third-order valence-electron chi connectivity index (χ3n) is 2.92. The van der Waals surface area contributed by atoms with Crippen LogP contribution in [-0.4, -0.2) is 19.6 Å². The number of para-hydroxylation sites is 1. The summed E-state index contributed by atoms with van der Waals surface area (Å²) in [5, 5.41) is 14.1. The number of nitrogens with one attached hydrogen (secondary N) is 1. The third kappa shape index (κ3) is 3.22. The predicted octanol–water partition coefficient (Wildman–Crippen LogP) is 2.76. The third-order valence-corrected chi connectivity index (χ3v) is 4.05. The Morgan fingerprint density at radius 3 is 2.52 bits per heavy atom. The van der Waals surface area contributed by atoms with Crippen LogP contribution in [0.3, 0.4) is 0 Å². The first-order valence-electron chi connectivity index (χ1n) is 6.08. The zero-order valence-corrected chi connectivity index (χ0v) is 12.3. The van der Waals surface area contributed by atoms with Crippen molar-refractivity contribution in [3.05, 3.63) is 52.5 Å². The molecule has 1 atom stereocenters. The van der Waals surface area contributed by atoms with E-state index in [-0.39, 0.29) is 16.6 Å². The summed E-state index contributed by atoms with van der Waals surface area (Å²) in [4.78, 5) is 10.2. The molecule has 1 aromatic carbocycles. The van der Waals surface area contributed by atoms with Crippen molar-refractivity contribution < 1.29 is 17.8 Å². The average Bonchev–Trinajstić information content (AvgIpc) is 2.91. The Morgan fingerprint density at radius 2 is 2.00 bits per heavy atom. The normalized spacial score (nSPS) is 12.9. The molecule has 7 nitrogen and oxygen atoms in total. The van der Waals surface area contributed by atoms with E-state index < -0.39 is 20.4 Å². The summed E-state index contributed by atoms with van der Waals surface area (Å²) < 4.78 is 28.6. The maximum absolute atomic E-state index is 11.7. The summed E-state index contributed by atoms with van der Waals surface area (Å²) in [7, 11) is -3.70. The van der Waals surface area contributed by atoms with E-state index in [0.29, 0.717) is 5.76 Å². The molecule has 0 aliphatic heterocycles. The van der Waals surface area contributed by atoms with Crippen LogP contribution in [0, 0.1) is 10.1 Å². The van der Waals surface area contributed by atoms with Crippen molar-refractivity contribution in [2.24, 2.45) is 0 Å². The van der Waals surface area contributed by atoms with Gasteiger partial charge in [-0.15, -0.1) is 0 Å². The number of nitro groups is 1. The van der Waals surface area contributed by atoms with Crippen LogP contribution in [0.1, 0.15) is 18.7 Å². The monoisotopic (exact) mass is 310 g/mol. The number of sulfone groups is 1. The van der Waals surface area contributed by atoms with Crippen LogP contribution in [0.15, 0.2) is 45.9 Å². The molecule has 8 heteroatoms. The molecule has 1 aromatic heterocycles. The molecule has 0 fully saturated rings. The number of hydrogen-bond acceptors (Lipinski definition) is 6. The lowest BCUT2D eigenvalue weighted by molar-refractivity contribution is -0.386. The molecular weight excluding hydrogens is 296 g/mol. The van der Waals surface area contributed by atoms with Crippen LogP contribution in [0.2, 0.25) is 0 Å². The number of rotatable bonds is 5. The van der Waals surface area contributed by atoms with Gasteiger partial charge in [-0.05, 0) is 31.2 Å². The van der Waals surface area contributed by atoms with Gasteiger partial charge in [0.25, 0.3) is 0 Å². The van der Waals surface area contributed by atoms with Crippen molar-refractivity contribution in [2.45, 2.75) is 17.9 Å². The molecule has 0 saturated carbocycles. The van der Waals surface area contributed by atoms with Gasteiger partial charge in [-0.3, -0.25) is 10.1 Å². The number of hydrogen-bond donors (Lipinski definition) is 1. The first-order valence-corrected chi connectivity index (χ1v) is 7.97. The highest BCUT2D eigenvalue weighted by Gasteiger charge is 2.27. The lowest BCUT2D eigenvalue weighted by Crippen LogP contribution is -2.10. The smallest absolute Gasteiger partial charge is 0.310 e. The Bertz CT molecular complexity index is 753. The van der Waals surface area contributed by atoms with E-state index in [0.717, 1.165) is 6.26 Å². The van der Waals surface area contributed by atoms with Crippen molar-refractivity contribution >= 4 is 21.2 Å². The van der Waals surface area contributed by atoms with Crippen molar-refractivity contribution in [1.82, 2.24) is 0 Å². The largest absolute Gasteiger partial charge is 0.467 e. The van der Waals surface area contributed by atoms with Crippen molar-refractivity contribution in [3.8, 4) is 0 Å². The fourth-order valence-electron chi connectivity index (χ4n) is 1.97. The summed E-state index contributed by atoms with van der Waals surface area (Å²) in [5.41, 5.74) is -0.328. The first kappa shape index (κ1) is 15.0. The summed E-state index contributed by atoms with van der Waals surface area (Å²) >= 11 is 0. The highest BCUT2D eigenvalue weighted by Crippen LogP contribution is 2.34. The zero-order chi connectivity index (χ0) is 15.6. The predicted molar refractivity (Wildman–Crippen MR) is 77.0 cm³/mol. The van der Waals surface area contributed by atoms with Gasteiger partial charge < -0.3 is 9.73 Å². The van der Waals surface area contributed by atoms with Crippen molar-refractivity contribution in [3.63, 3.8) is 0 Å². The van der Waals surface area contributed by atoms with E-state index in [4.69, 9.17) is 4.42 Å². The van der Waals surface area contributed by atoms with Crippen LogP contribution >= 0.6 is 0 Å². The molecule has 0 aliphatic carbocycles. The Labute approximate surface area is 121 Å². The van der Waals surface area contributed by atoms with Gasteiger partial charge in [0.15, 0.2) is 9.84 Å². The number of furan rings is 1. The van der Waals surface area contributed by atoms with Crippen LogP contribution in [-0.2, 0) is 9.84 Å². The minimum absolute atomic E-state index is 0.131. The van der Waals surface area contributed by atoms with Gasteiger partial charge in [0.2, 0.25) is 0 Å². The van der Waals surface area contributed by atoms with Gasteiger partial charge in [-0.2, -0.15) is 0 Å². The number of nitrogens with zero attached hydrogens (tertiary/aromatic N) is 1. The molecule has 2 aromatic rings. The SMILES string of the molecule is CC(Nc1cccc(S(C)(=O)=O)c1[N+](=O)[O-])c1ccco1. The van der Waals surface area contributed by atoms with Gasteiger partial charge in [-0.25, -0.2) is 8.42 Å². The van der Waals surface area contributed by atoms with E-state index >= 15 is 0 Å². The van der Waals surface area contributed by atoms with Crippen LogP contribution in [0.25, 0.3) is 0 Å². The van der Waals surface area contributed by atoms with Crippen molar-refractivity contribution in [1.29, 1.82) is 0 Å². The minimum Gasteiger partial charge on any atom is -0.467 e. The Morgan fingerprint density at radius 1 is 1.29 bits per heavy atom. The molecule has 0 spiro atoms. The molecule has 0 aliphatic rings. The molecule has 112 valence electrons. The molecule has 1 unspecified atom stereocenters. The minimum atomic E-state index is -3.70. The average molecular weight is 310 g/mol. The number of benzene rings is 1. The second-order valence-corrected chi connectivity index (χ2v) is 6.55. The van der Waals surface area contributed by atoms with Crippen LogP contribution in [0.5, 0.6) is 0 Å². The van der Waals surface area contributed by atoms with E-state index in [9.17, 15) is 18.5 Å². The molecule has 0 bridgehead atoms. The van der Waals surface area contributed by atoms with Gasteiger partial charge >= 0.3 is 5.69 Å². The van der Waals surface area contributed by atoms with Gasteiger partial charge in [0, 0.05) is 6.26 Å². The van der Waals surface area contributed by atoms with Crippen LogP contribution in [0.4, 0.5) is 11.4 Å². The van der Waals surface area contributed by atoms with Gasteiger partial charge in [0.1, 0.15) is 16.3 Å². The zero-order valence-electron chi connectivity index (χ0n) is 11.4. The molecule has 2 rings (SSSR count). The molecule has 0 amide bonds. The second-order valence-electron chi connectivity index (χ2n) is 4.56. The molecule has 0 saturated heterocycles. The number of anilines is 1. The Hall–Kier alpha value is -2.35. The number of nitro benzene ring substituents is 1. The molecule has 0 radical (unpaired) electrons. The van der Waals surface area contributed by atoms with E-state index in [1.165, 1.54) is 24.5 Å². The summed E-state index contributed by atoms with van der Waals surface area (Å²) in [6.45, 7) is 1.76. The molecule has 1 heterocycles. The van der Waals surface area contributed by atoms with Gasteiger partial charge in [0.05, 0.1) is 17.2 Å². The fraction of sp³-hybridized carbons (Fsp3) is 0.231. The first-order chi connectivity index (χ1) is 9.80. The maximum atomic E-state index is 11.7.